The summed E-state index contributed by atoms with van der Waals surface area (Å²) in [5.74, 6) is 1.98. The maximum absolute atomic E-state index is 5.16. The molecule has 2 heterocycles. The second kappa shape index (κ2) is 12.6. The zero-order valence-corrected chi connectivity index (χ0v) is 31.7. The van der Waals surface area contributed by atoms with Crippen molar-refractivity contribution in [3.63, 3.8) is 0 Å². The third-order valence-electron chi connectivity index (χ3n) is 12.0. The number of nitrogens with zero attached hydrogens (tertiary/aromatic N) is 3. The van der Waals surface area contributed by atoms with Crippen LogP contribution in [0.4, 0.5) is 0 Å². The van der Waals surface area contributed by atoms with Crippen molar-refractivity contribution in [3.05, 3.63) is 215 Å². The van der Waals surface area contributed by atoms with Crippen molar-refractivity contribution in [1.82, 2.24) is 15.0 Å². The minimum Gasteiger partial charge on any atom is -0.208 e. The minimum atomic E-state index is -0.409. The summed E-state index contributed by atoms with van der Waals surface area (Å²) in [6.45, 7) is 0. The maximum Gasteiger partial charge on any atom is 0.164 e. The van der Waals surface area contributed by atoms with Crippen LogP contribution in [0, 0.1) is 0 Å². The molecule has 0 amide bonds. The fourth-order valence-corrected chi connectivity index (χ4v) is 10.9. The Balaban J connectivity index is 1.00. The summed E-state index contributed by atoms with van der Waals surface area (Å²) in [5, 5.41) is 2.52. The van der Waals surface area contributed by atoms with Crippen molar-refractivity contribution in [1.29, 1.82) is 0 Å². The van der Waals surface area contributed by atoms with Gasteiger partial charge in [0.25, 0.3) is 0 Å². The van der Waals surface area contributed by atoms with Gasteiger partial charge in [-0.1, -0.05) is 182 Å². The van der Waals surface area contributed by atoms with Gasteiger partial charge in [0.15, 0.2) is 17.5 Å². The Morgan fingerprint density at radius 3 is 1.77 bits per heavy atom. The molecule has 1 aromatic heterocycles. The van der Waals surface area contributed by atoms with Crippen molar-refractivity contribution in [2.24, 2.45) is 0 Å². The van der Waals surface area contributed by atoms with Crippen LogP contribution in [-0.4, -0.2) is 15.0 Å². The molecule has 0 atom stereocenters. The molecule has 9 aromatic rings. The summed E-state index contributed by atoms with van der Waals surface area (Å²) in [5.41, 5.74) is 15.4. The highest BCUT2D eigenvalue weighted by atomic mass is 32.2. The normalized spacial score (nSPS) is 13.9. The molecule has 8 aromatic carbocycles. The van der Waals surface area contributed by atoms with E-state index in [1.165, 1.54) is 70.6 Å². The molecule has 0 bridgehead atoms. The Labute approximate surface area is 335 Å². The number of hydrogen-bond donors (Lipinski definition) is 0. The number of benzene rings is 8. The molecule has 0 saturated heterocycles. The quantitative estimate of drug-likeness (QED) is 0.180. The molecule has 0 N–H and O–H groups in total. The molecule has 0 radical (unpaired) electrons. The average Bonchev–Trinajstić information content (AvgIpc) is 3.57. The predicted octanol–water partition coefficient (Wildman–Crippen LogP) is 13.1. The van der Waals surface area contributed by atoms with Crippen LogP contribution in [0.25, 0.3) is 73.3 Å². The van der Waals surface area contributed by atoms with Crippen LogP contribution in [0.5, 0.6) is 0 Å². The molecule has 12 rings (SSSR count). The highest BCUT2D eigenvalue weighted by Crippen LogP contribution is 2.63. The first-order valence-electron chi connectivity index (χ1n) is 19.5. The van der Waals surface area contributed by atoms with Gasteiger partial charge in [0.2, 0.25) is 0 Å². The van der Waals surface area contributed by atoms with Gasteiger partial charge in [0.05, 0.1) is 5.41 Å². The van der Waals surface area contributed by atoms with E-state index in [9.17, 15) is 0 Å². The number of aromatic nitrogens is 3. The van der Waals surface area contributed by atoms with Crippen LogP contribution >= 0.6 is 11.8 Å². The van der Waals surface area contributed by atoms with Crippen LogP contribution in [0.1, 0.15) is 33.4 Å². The van der Waals surface area contributed by atoms with Gasteiger partial charge in [-0.15, -0.1) is 0 Å². The van der Waals surface area contributed by atoms with E-state index < -0.39 is 5.41 Å². The molecule has 4 heteroatoms. The first-order chi connectivity index (χ1) is 28.2. The maximum atomic E-state index is 5.16. The predicted molar refractivity (Wildman–Crippen MR) is 233 cm³/mol. The Kier molecular flexibility index (Phi) is 7.14. The zero-order chi connectivity index (χ0) is 37.5. The Morgan fingerprint density at radius 2 is 1.02 bits per heavy atom. The topological polar surface area (TPSA) is 38.7 Å². The van der Waals surface area contributed by atoms with Crippen LogP contribution in [0.3, 0.4) is 0 Å². The molecule has 0 unspecified atom stereocenters. The summed E-state index contributed by atoms with van der Waals surface area (Å²) in [7, 11) is 0. The van der Waals surface area contributed by atoms with Crippen LogP contribution in [0.2, 0.25) is 0 Å². The van der Waals surface area contributed by atoms with Gasteiger partial charge in [-0.25, -0.2) is 15.0 Å². The van der Waals surface area contributed by atoms with Gasteiger partial charge < -0.3 is 0 Å². The number of hydrogen-bond acceptors (Lipinski definition) is 4. The molecule has 3 aliphatic rings. The molecular formula is C53H33N3S. The SMILES string of the molecule is C1=Cc2cc(-c3nc(-c4ccccc4)nc(-c4ccc(-c5cccc6c5Sc5ccccc5C65c6ccccc6-c6ccccc65)cc4)n3)cc3cccc(c23)C1. The Bertz CT molecular complexity index is 3080. The van der Waals surface area contributed by atoms with Crippen molar-refractivity contribution < 1.29 is 0 Å². The Morgan fingerprint density at radius 1 is 0.439 bits per heavy atom. The zero-order valence-electron chi connectivity index (χ0n) is 30.9. The standard InChI is InChI=1S/C53H33N3S/c1-2-13-35(14-3-1)50-54-51(56-52(55-50)39-31-37-17-10-15-34-16-11-18-38(32-39)48(34)37)36-29-27-33(28-30-36)40-21-12-25-46-49(40)57-47-26-9-8-24-45(47)53(46)43-22-6-4-19-41(43)42-20-5-7-23-44(42)53/h1-15,17-32H,16H2. The molecular weight excluding hydrogens is 711 g/mol. The minimum absolute atomic E-state index is 0.409. The van der Waals surface area contributed by atoms with E-state index in [-0.39, 0.29) is 0 Å². The first kappa shape index (κ1) is 32.4. The van der Waals surface area contributed by atoms with E-state index >= 15 is 0 Å². The highest BCUT2D eigenvalue weighted by Gasteiger charge is 2.50. The number of fused-ring (bicyclic) bond motifs is 9. The summed E-state index contributed by atoms with van der Waals surface area (Å²) in [6.07, 6.45) is 5.42. The van der Waals surface area contributed by atoms with Gasteiger partial charge in [-0.3, -0.25) is 0 Å². The van der Waals surface area contributed by atoms with E-state index in [4.69, 9.17) is 15.0 Å². The van der Waals surface area contributed by atoms with Gasteiger partial charge in [0.1, 0.15) is 0 Å². The largest absolute Gasteiger partial charge is 0.208 e. The van der Waals surface area contributed by atoms with E-state index in [1.54, 1.807) is 0 Å². The summed E-state index contributed by atoms with van der Waals surface area (Å²) < 4.78 is 0. The average molecular weight is 744 g/mol. The monoisotopic (exact) mass is 743 g/mol. The van der Waals surface area contributed by atoms with Crippen molar-refractivity contribution in [2.45, 2.75) is 21.6 Å². The smallest absolute Gasteiger partial charge is 0.164 e. The van der Waals surface area contributed by atoms with E-state index in [2.05, 4.69) is 170 Å². The molecule has 0 fully saturated rings. The van der Waals surface area contributed by atoms with Gasteiger partial charge >= 0.3 is 0 Å². The molecule has 0 saturated carbocycles. The first-order valence-corrected chi connectivity index (χ1v) is 20.3. The van der Waals surface area contributed by atoms with Crippen molar-refractivity contribution >= 4 is 28.6 Å². The third-order valence-corrected chi connectivity index (χ3v) is 13.2. The van der Waals surface area contributed by atoms with Crippen LogP contribution < -0.4 is 0 Å². The lowest BCUT2D eigenvalue weighted by atomic mass is 9.67. The molecule has 1 aliphatic heterocycles. The molecule has 3 nitrogen and oxygen atoms in total. The molecule has 1 spiro atoms. The second-order valence-corrected chi connectivity index (χ2v) is 16.1. The third kappa shape index (κ3) is 4.84. The van der Waals surface area contributed by atoms with Gasteiger partial charge in [0, 0.05) is 26.5 Å². The Hall–Kier alpha value is -6.88. The lowest BCUT2D eigenvalue weighted by molar-refractivity contribution is 0.723. The number of allylic oxidation sites excluding steroid dienone is 1. The molecule has 2 aliphatic carbocycles. The van der Waals surface area contributed by atoms with Crippen molar-refractivity contribution in [2.75, 3.05) is 0 Å². The van der Waals surface area contributed by atoms with Crippen molar-refractivity contribution in [3.8, 4) is 56.4 Å². The summed E-state index contributed by atoms with van der Waals surface area (Å²) in [4.78, 5) is 17.9. The van der Waals surface area contributed by atoms with E-state index in [0.29, 0.717) is 17.5 Å². The summed E-state index contributed by atoms with van der Waals surface area (Å²) >= 11 is 1.88. The van der Waals surface area contributed by atoms with Crippen LogP contribution in [-0.2, 0) is 11.8 Å². The van der Waals surface area contributed by atoms with E-state index in [1.807, 2.05) is 30.0 Å². The molecule has 266 valence electrons. The second-order valence-electron chi connectivity index (χ2n) is 15.1. The highest BCUT2D eigenvalue weighted by molar-refractivity contribution is 7.99. The molecule has 57 heavy (non-hydrogen) atoms. The summed E-state index contributed by atoms with van der Waals surface area (Å²) in [6, 6.07) is 63.8. The lowest BCUT2D eigenvalue weighted by Gasteiger charge is -2.40. The van der Waals surface area contributed by atoms with Crippen LogP contribution in [0.15, 0.2) is 192 Å². The lowest BCUT2D eigenvalue weighted by Crippen LogP contribution is -2.32. The fraction of sp³-hybridized carbons (Fsp3) is 0.0377. The fourth-order valence-electron chi connectivity index (χ4n) is 9.54. The van der Waals surface area contributed by atoms with Gasteiger partial charge in [-0.2, -0.15) is 0 Å². The van der Waals surface area contributed by atoms with E-state index in [0.717, 1.165) is 28.7 Å². The number of rotatable bonds is 4. The van der Waals surface area contributed by atoms with Gasteiger partial charge in [-0.05, 0) is 91.0 Å².